The van der Waals surface area contributed by atoms with Crippen molar-refractivity contribution in [1.82, 2.24) is 15.0 Å². The molecule has 0 aliphatic carbocycles. The van der Waals surface area contributed by atoms with Gasteiger partial charge in [-0.2, -0.15) is 0 Å². The number of hydrogen-bond acceptors (Lipinski definition) is 4. The van der Waals surface area contributed by atoms with E-state index in [2.05, 4.69) is 26.3 Å². The highest BCUT2D eigenvalue weighted by Gasteiger charge is 2.08. The highest BCUT2D eigenvalue weighted by molar-refractivity contribution is 9.10. The van der Waals surface area contributed by atoms with Crippen molar-refractivity contribution in [3.63, 3.8) is 0 Å². The van der Waals surface area contributed by atoms with Gasteiger partial charge in [-0.1, -0.05) is 22.0 Å². The number of nitrogens with one attached hydrogen (secondary N) is 1. The second-order valence-corrected chi connectivity index (χ2v) is 4.68. The first-order chi connectivity index (χ1) is 9.11. The molecule has 19 heavy (non-hydrogen) atoms. The van der Waals surface area contributed by atoms with E-state index < -0.39 is 0 Å². The number of carbonyl (C=O) groups is 1. The fraction of sp³-hybridized carbons (Fsp3) is 0.0833. The Balaban J connectivity index is 2.30. The van der Waals surface area contributed by atoms with Gasteiger partial charge in [-0.3, -0.25) is 19.6 Å². The Labute approximate surface area is 117 Å². The number of halogens is 1. The van der Waals surface area contributed by atoms with Gasteiger partial charge in [0.1, 0.15) is 0 Å². The maximum Gasteiger partial charge on any atom is 0.265 e. The monoisotopic (exact) mass is 322 g/mol. The molecule has 0 aliphatic heterocycles. The Bertz CT molecular complexity index is 669. The molecule has 0 bridgehead atoms. The minimum Gasteiger partial charge on any atom is -0.295 e. The van der Waals surface area contributed by atoms with Gasteiger partial charge in [-0.05, 0) is 17.7 Å². The van der Waals surface area contributed by atoms with E-state index in [4.69, 9.17) is 5.84 Å². The second-order valence-electron chi connectivity index (χ2n) is 3.83. The van der Waals surface area contributed by atoms with Crippen molar-refractivity contribution in [3.05, 3.63) is 62.7 Å². The van der Waals surface area contributed by atoms with Crippen molar-refractivity contribution in [2.24, 2.45) is 5.84 Å². The molecule has 0 fully saturated rings. The summed E-state index contributed by atoms with van der Waals surface area (Å²) < 4.78 is 2.20. The molecule has 1 aromatic heterocycles. The van der Waals surface area contributed by atoms with Crippen LogP contribution in [-0.4, -0.2) is 15.5 Å². The predicted octanol–water partition coefficient (Wildman–Crippen LogP) is 0.658. The number of hydrazine groups is 1. The number of nitrogens with zero attached hydrogens (tertiary/aromatic N) is 2. The van der Waals surface area contributed by atoms with Crippen molar-refractivity contribution in [1.29, 1.82) is 0 Å². The molecule has 0 saturated heterocycles. The van der Waals surface area contributed by atoms with Gasteiger partial charge in [0.05, 0.1) is 12.9 Å². The van der Waals surface area contributed by atoms with Gasteiger partial charge in [-0.15, -0.1) is 0 Å². The minimum atomic E-state index is -0.370. The lowest BCUT2D eigenvalue weighted by atomic mass is 10.1. The largest absolute Gasteiger partial charge is 0.295 e. The molecule has 0 saturated carbocycles. The fourth-order valence-electron chi connectivity index (χ4n) is 1.58. The number of amides is 1. The summed E-state index contributed by atoms with van der Waals surface area (Å²) in [5, 5.41) is 0. The summed E-state index contributed by atoms with van der Waals surface area (Å²) in [7, 11) is 0. The minimum absolute atomic E-state index is 0.134. The van der Waals surface area contributed by atoms with Gasteiger partial charge >= 0.3 is 0 Å². The van der Waals surface area contributed by atoms with Crippen LogP contribution in [0.15, 0.2) is 46.1 Å². The first-order valence-electron chi connectivity index (χ1n) is 5.41. The molecule has 0 atom stereocenters. The van der Waals surface area contributed by atoms with Crippen molar-refractivity contribution >= 4 is 21.8 Å². The highest BCUT2D eigenvalue weighted by Crippen LogP contribution is 2.19. The Morgan fingerprint density at radius 1 is 1.42 bits per heavy atom. The van der Waals surface area contributed by atoms with Crippen molar-refractivity contribution in [2.75, 3.05) is 0 Å². The lowest BCUT2D eigenvalue weighted by Gasteiger charge is -2.08. The van der Waals surface area contributed by atoms with Gasteiger partial charge in [0.25, 0.3) is 11.5 Å². The molecule has 1 aromatic carbocycles. The number of rotatable bonds is 3. The molecular formula is C12H11BrN4O2. The number of carbonyl (C=O) groups excluding carboxylic acids is 1. The molecule has 2 rings (SSSR count). The first kappa shape index (κ1) is 13.4. The number of aromatic nitrogens is 2. The summed E-state index contributed by atoms with van der Waals surface area (Å²) in [6.07, 6.45) is 2.91. The molecule has 0 unspecified atom stereocenters. The molecular weight excluding hydrogens is 312 g/mol. The summed E-state index contributed by atoms with van der Waals surface area (Å²) >= 11 is 3.37. The number of hydrogen-bond donors (Lipinski definition) is 2. The van der Waals surface area contributed by atoms with Crippen LogP contribution in [-0.2, 0) is 6.54 Å². The first-order valence-corrected chi connectivity index (χ1v) is 6.21. The Hall–Kier alpha value is -1.99. The lowest BCUT2D eigenvalue weighted by molar-refractivity contribution is 0.0953. The van der Waals surface area contributed by atoms with E-state index in [0.29, 0.717) is 12.1 Å². The molecule has 2 aromatic rings. The highest BCUT2D eigenvalue weighted by atomic mass is 79.9. The molecule has 6 nitrogen and oxygen atoms in total. The van der Waals surface area contributed by atoms with Crippen LogP contribution in [0.25, 0.3) is 0 Å². The molecule has 98 valence electrons. The van der Waals surface area contributed by atoms with Gasteiger partial charge in [0.15, 0.2) is 0 Å². The van der Waals surface area contributed by atoms with E-state index in [1.807, 2.05) is 0 Å². The quantitative estimate of drug-likeness (QED) is 0.493. The van der Waals surface area contributed by atoms with Crippen molar-refractivity contribution < 1.29 is 4.79 Å². The van der Waals surface area contributed by atoms with Crippen LogP contribution in [0.2, 0.25) is 0 Å². The second kappa shape index (κ2) is 5.77. The molecule has 0 radical (unpaired) electrons. The maximum atomic E-state index is 11.6. The smallest absolute Gasteiger partial charge is 0.265 e. The van der Waals surface area contributed by atoms with E-state index in [1.165, 1.54) is 23.2 Å². The van der Waals surface area contributed by atoms with Crippen LogP contribution in [0.4, 0.5) is 0 Å². The predicted molar refractivity (Wildman–Crippen MR) is 73.4 cm³/mol. The van der Waals surface area contributed by atoms with Crippen LogP contribution in [0, 0.1) is 0 Å². The number of benzene rings is 1. The number of nitrogens with two attached hydrogens (primary N) is 1. The lowest BCUT2D eigenvalue weighted by Crippen LogP contribution is -2.30. The third-order valence-corrected chi connectivity index (χ3v) is 3.32. The molecule has 0 spiro atoms. The maximum absolute atomic E-state index is 11.6. The molecule has 1 amide bonds. The van der Waals surface area contributed by atoms with Crippen LogP contribution in [0.5, 0.6) is 0 Å². The van der Waals surface area contributed by atoms with Gasteiger partial charge in [0.2, 0.25) is 0 Å². The SMILES string of the molecule is NNC(=O)c1ccc(Cn2cnccc2=O)c(Br)c1. The van der Waals surface area contributed by atoms with Gasteiger partial charge in [0, 0.05) is 22.3 Å². The third kappa shape index (κ3) is 3.07. The zero-order valence-corrected chi connectivity index (χ0v) is 11.4. The zero-order chi connectivity index (χ0) is 13.8. The summed E-state index contributed by atoms with van der Waals surface area (Å²) in [5.74, 6) is 4.70. The van der Waals surface area contributed by atoms with Crippen LogP contribution in [0.3, 0.4) is 0 Å². The van der Waals surface area contributed by atoms with Crippen LogP contribution < -0.4 is 16.8 Å². The average molecular weight is 323 g/mol. The van der Waals surface area contributed by atoms with Crippen LogP contribution in [0.1, 0.15) is 15.9 Å². The summed E-state index contributed by atoms with van der Waals surface area (Å²) in [6.45, 7) is 0.373. The normalized spacial score (nSPS) is 10.2. The summed E-state index contributed by atoms with van der Waals surface area (Å²) in [4.78, 5) is 26.8. The van der Waals surface area contributed by atoms with Crippen molar-refractivity contribution in [3.8, 4) is 0 Å². The Kier molecular flexibility index (Phi) is 4.08. The summed E-state index contributed by atoms with van der Waals surface area (Å²) in [6, 6.07) is 6.45. The van der Waals surface area contributed by atoms with E-state index in [0.717, 1.165) is 10.0 Å². The van der Waals surface area contributed by atoms with Gasteiger partial charge in [-0.25, -0.2) is 10.8 Å². The fourth-order valence-corrected chi connectivity index (χ4v) is 2.08. The van der Waals surface area contributed by atoms with E-state index >= 15 is 0 Å². The third-order valence-electron chi connectivity index (χ3n) is 2.58. The van der Waals surface area contributed by atoms with Gasteiger partial charge < -0.3 is 0 Å². The van der Waals surface area contributed by atoms with E-state index in [9.17, 15) is 9.59 Å². The zero-order valence-electron chi connectivity index (χ0n) is 9.84. The van der Waals surface area contributed by atoms with Crippen LogP contribution >= 0.6 is 15.9 Å². The average Bonchev–Trinajstić information content (AvgIpc) is 2.42. The molecule has 1 heterocycles. The standard InChI is InChI=1S/C12H11BrN4O2/c13-10-5-8(12(19)16-14)1-2-9(10)6-17-7-15-4-3-11(17)18/h1-5,7H,6,14H2,(H,16,19). The molecule has 0 aliphatic rings. The van der Waals surface area contributed by atoms with E-state index in [1.54, 1.807) is 18.2 Å². The van der Waals surface area contributed by atoms with E-state index in [-0.39, 0.29) is 11.5 Å². The Morgan fingerprint density at radius 3 is 2.84 bits per heavy atom. The number of nitrogen functional groups attached to an aromatic ring is 1. The molecule has 7 heteroatoms. The molecule has 3 N–H and O–H groups in total. The Morgan fingerprint density at radius 2 is 2.21 bits per heavy atom. The summed E-state index contributed by atoms with van der Waals surface area (Å²) in [5.41, 5.74) is 3.23. The topological polar surface area (TPSA) is 90.0 Å². The van der Waals surface area contributed by atoms with Crippen molar-refractivity contribution in [2.45, 2.75) is 6.54 Å².